The summed E-state index contributed by atoms with van der Waals surface area (Å²) in [7, 11) is 0. The largest absolute Gasteiger partial charge is 0.450 e. The normalized spacial score (nSPS) is 19.5. The maximum atomic E-state index is 6.06. The van der Waals surface area contributed by atoms with Crippen LogP contribution < -0.4 is 4.90 Å². The summed E-state index contributed by atoms with van der Waals surface area (Å²) in [5, 5.41) is 1.07. The SMILES string of the molecule is Cc1nc(N2CCC[C@@H](C)C2)c2oc3ccccc3c2n1. The zero-order valence-corrected chi connectivity index (χ0v) is 12.5. The smallest absolute Gasteiger partial charge is 0.196 e. The zero-order valence-electron chi connectivity index (χ0n) is 12.5. The molecule has 3 aromatic rings. The highest BCUT2D eigenvalue weighted by Crippen LogP contribution is 2.34. The highest BCUT2D eigenvalue weighted by molar-refractivity contribution is 6.05. The lowest BCUT2D eigenvalue weighted by Crippen LogP contribution is -2.35. The lowest BCUT2D eigenvalue weighted by molar-refractivity contribution is 0.443. The fourth-order valence-electron chi connectivity index (χ4n) is 3.28. The summed E-state index contributed by atoms with van der Waals surface area (Å²) in [5.74, 6) is 2.47. The molecule has 0 saturated carbocycles. The summed E-state index contributed by atoms with van der Waals surface area (Å²) in [6, 6.07) is 8.08. The second-order valence-electron chi connectivity index (χ2n) is 6.06. The predicted molar refractivity (Wildman–Crippen MR) is 84.7 cm³/mol. The van der Waals surface area contributed by atoms with E-state index in [1.54, 1.807) is 0 Å². The van der Waals surface area contributed by atoms with Gasteiger partial charge in [-0.15, -0.1) is 0 Å². The van der Waals surface area contributed by atoms with Crippen molar-refractivity contribution in [1.29, 1.82) is 0 Å². The number of anilines is 1. The molecule has 0 bridgehead atoms. The fourth-order valence-corrected chi connectivity index (χ4v) is 3.28. The van der Waals surface area contributed by atoms with Crippen LogP contribution in [-0.2, 0) is 0 Å². The molecule has 0 spiro atoms. The van der Waals surface area contributed by atoms with Crippen LogP contribution in [0.25, 0.3) is 22.1 Å². The first-order valence-electron chi connectivity index (χ1n) is 7.63. The average Bonchev–Trinajstić information content (AvgIpc) is 2.85. The van der Waals surface area contributed by atoms with Crippen LogP contribution in [0.1, 0.15) is 25.6 Å². The number of fused-ring (bicyclic) bond motifs is 3. The molecule has 0 amide bonds. The van der Waals surface area contributed by atoms with Crippen molar-refractivity contribution in [2.24, 2.45) is 5.92 Å². The van der Waals surface area contributed by atoms with Gasteiger partial charge in [0, 0.05) is 18.5 Å². The lowest BCUT2D eigenvalue weighted by atomic mass is 10.0. The molecule has 108 valence electrons. The van der Waals surface area contributed by atoms with Crippen LogP contribution in [0.2, 0.25) is 0 Å². The summed E-state index contributed by atoms with van der Waals surface area (Å²) < 4.78 is 6.06. The highest BCUT2D eigenvalue weighted by Gasteiger charge is 2.23. The molecule has 2 aromatic heterocycles. The van der Waals surface area contributed by atoms with Crippen molar-refractivity contribution in [3.8, 4) is 0 Å². The van der Waals surface area contributed by atoms with Gasteiger partial charge in [0.05, 0.1) is 0 Å². The molecule has 1 aliphatic heterocycles. The molecule has 1 atom stereocenters. The third-order valence-electron chi connectivity index (χ3n) is 4.27. The van der Waals surface area contributed by atoms with E-state index >= 15 is 0 Å². The van der Waals surface area contributed by atoms with Gasteiger partial charge in [0.1, 0.15) is 16.9 Å². The van der Waals surface area contributed by atoms with Crippen molar-refractivity contribution in [3.63, 3.8) is 0 Å². The number of para-hydroxylation sites is 1. The summed E-state index contributed by atoms with van der Waals surface area (Å²) in [6.07, 6.45) is 2.51. The summed E-state index contributed by atoms with van der Waals surface area (Å²) in [5.41, 5.74) is 2.65. The molecule has 4 nitrogen and oxygen atoms in total. The molecular weight excluding hydrogens is 262 g/mol. The number of furan rings is 1. The molecule has 0 N–H and O–H groups in total. The molecule has 1 fully saturated rings. The molecule has 0 radical (unpaired) electrons. The number of piperidine rings is 1. The molecule has 1 aromatic carbocycles. The molecule has 3 heterocycles. The maximum Gasteiger partial charge on any atom is 0.196 e. The van der Waals surface area contributed by atoms with Crippen molar-refractivity contribution < 1.29 is 4.42 Å². The van der Waals surface area contributed by atoms with E-state index in [1.165, 1.54) is 12.8 Å². The molecule has 4 rings (SSSR count). The topological polar surface area (TPSA) is 42.2 Å². The molecule has 0 aliphatic carbocycles. The Bertz CT molecular complexity index is 808. The van der Waals surface area contributed by atoms with Crippen molar-refractivity contribution >= 4 is 27.9 Å². The Kier molecular flexibility index (Phi) is 2.84. The molecule has 4 heteroatoms. The number of hydrogen-bond donors (Lipinski definition) is 0. The van der Waals surface area contributed by atoms with Crippen LogP contribution in [0.5, 0.6) is 0 Å². The predicted octanol–water partition coefficient (Wildman–Crippen LogP) is 3.92. The van der Waals surface area contributed by atoms with E-state index in [9.17, 15) is 0 Å². The molecule has 1 saturated heterocycles. The second kappa shape index (κ2) is 4.72. The Morgan fingerprint density at radius 1 is 1.24 bits per heavy atom. The Balaban J connectivity index is 1.95. The minimum absolute atomic E-state index is 0.702. The van der Waals surface area contributed by atoms with Gasteiger partial charge in [-0.1, -0.05) is 19.1 Å². The van der Waals surface area contributed by atoms with Gasteiger partial charge >= 0.3 is 0 Å². The van der Waals surface area contributed by atoms with Crippen LogP contribution in [0, 0.1) is 12.8 Å². The molecule has 0 unspecified atom stereocenters. The van der Waals surface area contributed by atoms with Gasteiger partial charge in [-0.05, 0) is 37.8 Å². The van der Waals surface area contributed by atoms with Crippen LogP contribution >= 0.6 is 0 Å². The fraction of sp³-hybridized carbons (Fsp3) is 0.412. The van der Waals surface area contributed by atoms with Gasteiger partial charge in [0.2, 0.25) is 0 Å². The number of aromatic nitrogens is 2. The van der Waals surface area contributed by atoms with Crippen LogP contribution in [0.4, 0.5) is 5.82 Å². The van der Waals surface area contributed by atoms with Crippen molar-refractivity contribution in [2.75, 3.05) is 18.0 Å². The monoisotopic (exact) mass is 281 g/mol. The van der Waals surface area contributed by atoms with Crippen molar-refractivity contribution in [3.05, 3.63) is 30.1 Å². The van der Waals surface area contributed by atoms with E-state index in [2.05, 4.69) is 27.9 Å². The highest BCUT2D eigenvalue weighted by atomic mass is 16.3. The Hall–Kier alpha value is -2.10. The first kappa shape index (κ1) is 12.6. The van der Waals surface area contributed by atoms with Crippen LogP contribution in [-0.4, -0.2) is 23.1 Å². The van der Waals surface area contributed by atoms with E-state index in [0.717, 1.165) is 46.8 Å². The second-order valence-corrected chi connectivity index (χ2v) is 6.06. The van der Waals surface area contributed by atoms with Gasteiger partial charge in [0.25, 0.3) is 0 Å². The summed E-state index contributed by atoms with van der Waals surface area (Å²) in [4.78, 5) is 11.6. The average molecular weight is 281 g/mol. The summed E-state index contributed by atoms with van der Waals surface area (Å²) in [6.45, 7) is 6.35. The number of benzene rings is 1. The Morgan fingerprint density at radius 2 is 2.10 bits per heavy atom. The number of aryl methyl sites for hydroxylation is 1. The quantitative estimate of drug-likeness (QED) is 0.678. The van der Waals surface area contributed by atoms with Crippen LogP contribution in [0.3, 0.4) is 0 Å². The standard InChI is InChI=1S/C17H19N3O/c1-11-6-5-9-20(10-11)17-16-15(18-12(2)19-17)13-7-3-4-8-14(13)21-16/h3-4,7-8,11H,5-6,9-10H2,1-2H3/t11-/m1/s1. The number of hydrogen-bond acceptors (Lipinski definition) is 4. The lowest BCUT2D eigenvalue weighted by Gasteiger charge is -2.31. The third-order valence-corrected chi connectivity index (χ3v) is 4.27. The minimum atomic E-state index is 0.702. The number of nitrogens with zero attached hydrogens (tertiary/aromatic N) is 3. The van der Waals surface area contributed by atoms with E-state index in [0.29, 0.717) is 5.92 Å². The van der Waals surface area contributed by atoms with E-state index in [1.807, 2.05) is 25.1 Å². The van der Waals surface area contributed by atoms with Gasteiger partial charge < -0.3 is 9.32 Å². The Morgan fingerprint density at radius 3 is 2.95 bits per heavy atom. The van der Waals surface area contributed by atoms with E-state index in [4.69, 9.17) is 4.42 Å². The van der Waals surface area contributed by atoms with Gasteiger partial charge in [-0.3, -0.25) is 0 Å². The third kappa shape index (κ3) is 2.06. The molecule has 21 heavy (non-hydrogen) atoms. The van der Waals surface area contributed by atoms with Gasteiger partial charge in [-0.25, -0.2) is 9.97 Å². The van der Waals surface area contributed by atoms with Gasteiger partial charge in [0.15, 0.2) is 11.4 Å². The first-order chi connectivity index (χ1) is 10.2. The van der Waals surface area contributed by atoms with E-state index < -0.39 is 0 Å². The van der Waals surface area contributed by atoms with E-state index in [-0.39, 0.29) is 0 Å². The maximum absolute atomic E-state index is 6.06. The van der Waals surface area contributed by atoms with Crippen molar-refractivity contribution in [2.45, 2.75) is 26.7 Å². The Labute approximate surface area is 123 Å². The number of rotatable bonds is 1. The first-order valence-corrected chi connectivity index (χ1v) is 7.63. The molecular formula is C17H19N3O. The summed E-state index contributed by atoms with van der Waals surface area (Å²) >= 11 is 0. The van der Waals surface area contributed by atoms with Gasteiger partial charge in [-0.2, -0.15) is 0 Å². The molecule has 1 aliphatic rings. The minimum Gasteiger partial charge on any atom is -0.450 e. The van der Waals surface area contributed by atoms with Crippen LogP contribution in [0.15, 0.2) is 28.7 Å². The van der Waals surface area contributed by atoms with Crippen molar-refractivity contribution in [1.82, 2.24) is 9.97 Å². The zero-order chi connectivity index (χ0) is 14.4.